The molecule has 0 amide bonds. The Morgan fingerprint density at radius 1 is 1.16 bits per heavy atom. The van der Waals surface area contributed by atoms with Crippen LogP contribution in [0.5, 0.6) is 0 Å². The van der Waals surface area contributed by atoms with Crippen molar-refractivity contribution in [3.05, 3.63) is 30.1 Å². The van der Waals surface area contributed by atoms with Crippen molar-refractivity contribution in [1.29, 1.82) is 0 Å². The van der Waals surface area contributed by atoms with Gasteiger partial charge >= 0.3 is 0 Å². The first-order valence-corrected chi connectivity index (χ1v) is 7.28. The highest BCUT2D eigenvalue weighted by Gasteiger charge is 2.44. The lowest BCUT2D eigenvalue weighted by molar-refractivity contribution is 0.0895. The van der Waals surface area contributed by atoms with Gasteiger partial charge in [-0.1, -0.05) is 53.7 Å². The van der Waals surface area contributed by atoms with Crippen molar-refractivity contribution in [2.24, 2.45) is 11.3 Å². The van der Waals surface area contributed by atoms with E-state index in [1.54, 1.807) is 0 Å². The number of rotatable bonds is 4. The normalized spacial score (nSPS) is 15.9. The number of nitrogens with one attached hydrogen (secondary N) is 1. The largest absolute Gasteiger partial charge is 0.342 e. The summed E-state index contributed by atoms with van der Waals surface area (Å²) >= 11 is 0. The number of fused-ring (bicyclic) bond motifs is 1. The van der Waals surface area contributed by atoms with E-state index >= 15 is 0 Å². The first kappa shape index (κ1) is 14.1. The van der Waals surface area contributed by atoms with Gasteiger partial charge in [0.25, 0.3) is 0 Å². The molecule has 104 valence electrons. The second kappa shape index (κ2) is 4.66. The van der Waals surface area contributed by atoms with E-state index < -0.39 is 0 Å². The molecule has 0 spiro atoms. The topological polar surface area (TPSA) is 28.7 Å². The molecule has 19 heavy (non-hydrogen) atoms. The lowest BCUT2D eigenvalue weighted by Gasteiger charge is -2.46. The second-order valence-corrected chi connectivity index (χ2v) is 6.65. The molecule has 1 aromatic heterocycles. The van der Waals surface area contributed by atoms with Crippen LogP contribution in [0.15, 0.2) is 24.3 Å². The smallest absolute Gasteiger partial charge is 0.113 e. The number of imidazole rings is 1. The summed E-state index contributed by atoms with van der Waals surface area (Å²) in [5.74, 6) is 1.72. The molecule has 0 aliphatic rings. The fourth-order valence-corrected chi connectivity index (χ4v) is 3.09. The van der Waals surface area contributed by atoms with Crippen molar-refractivity contribution >= 4 is 11.0 Å². The Labute approximate surface area is 116 Å². The van der Waals surface area contributed by atoms with Gasteiger partial charge in [-0.05, 0) is 29.9 Å². The van der Waals surface area contributed by atoms with E-state index in [0.717, 1.165) is 23.3 Å². The van der Waals surface area contributed by atoms with Crippen LogP contribution < -0.4 is 0 Å². The number of hydrogen-bond acceptors (Lipinski definition) is 1. The highest BCUT2D eigenvalue weighted by Crippen LogP contribution is 2.48. The van der Waals surface area contributed by atoms with Crippen LogP contribution in [0.1, 0.15) is 53.8 Å². The Bertz CT molecular complexity index is 532. The first-order valence-electron chi connectivity index (χ1n) is 7.28. The Morgan fingerprint density at radius 2 is 1.79 bits per heavy atom. The average molecular weight is 258 g/mol. The molecule has 1 aromatic carbocycles. The predicted octanol–water partition coefficient (Wildman–Crippen LogP) is 4.91. The molecule has 0 saturated carbocycles. The third kappa shape index (κ3) is 2.07. The molecule has 2 heteroatoms. The van der Waals surface area contributed by atoms with Gasteiger partial charge in [0.15, 0.2) is 0 Å². The molecule has 0 saturated heterocycles. The summed E-state index contributed by atoms with van der Waals surface area (Å²) in [7, 11) is 0. The van der Waals surface area contributed by atoms with Crippen molar-refractivity contribution < 1.29 is 0 Å². The first-order chi connectivity index (χ1) is 8.83. The fourth-order valence-electron chi connectivity index (χ4n) is 3.09. The number of para-hydroxylation sites is 2. The van der Waals surface area contributed by atoms with Gasteiger partial charge in [-0.15, -0.1) is 0 Å². The summed E-state index contributed by atoms with van der Waals surface area (Å²) in [6.45, 7) is 13.9. The number of H-pyrrole nitrogens is 1. The van der Waals surface area contributed by atoms with Crippen LogP contribution >= 0.6 is 0 Å². The SMILES string of the molecule is CCC(C)(C(C)C)C(C)(C)c1nc2ccccc2[nH]1. The standard InChI is InChI=1S/C17H26N2/c1-7-17(6,12(2)3)16(4,5)15-18-13-10-8-9-11-14(13)19-15/h8-12H,7H2,1-6H3,(H,18,19). The van der Waals surface area contributed by atoms with E-state index in [4.69, 9.17) is 4.98 Å². The van der Waals surface area contributed by atoms with Gasteiger partial charge in [-0.3, -0.25) is 0 Å². The predicted molar refractivity (Wildman–Crippen MR) is 82.4 cm³/mol. The molecule has 0 bridgehead atoms. The van der Waals surface area contributed by atoms with E-state index in [0.29, 0.717) is 5.92 Å². The molecule has 2 rings (SSSR count). The highest BCUT2D eigenvalue weighted by molar-refractivity contribution is 5.75. The molecule has 2 aromatic rings. The summed E-state index contributed by atoms with van der Waals surface area (Å²) < 4.78 is 0. The summed E-state index contributed by atoms with van der Waals surface area (Å²) in [5.41, 5.74) is 2.44. The lowest BCUT2D eigenvalue weighted by Crippen LogP contribution is -2.43. The number of hydrogen-bond donors (Lipinski definition) is 1. The number of benzene rings is 1. The molecule has 1 N–H and O–H groups in total. The van der Waals surface area contributed by atoms with Gasteiger partial charge in [0.1, 0.15) is 5.82 Å². The molecule has 0 aliphatic heterocycles. The molecule has 1 unspecified atom stereocenters. The third-order valence-corrected chi connectivity index (χ3v) is 5.42. The van der Waals surface area contributed by atoms with Gasteiger partial charge in [0.2, 0.25) is 0 Å². The van der Waals surface area contributed by atoms with Crippen molar-refractivity contribution in [1.82, 2.24) is 9.97 Å². The lowest BCUT2D eigenvalue weighted by atomic mass is 9.59. The molecular weight excluding hydrogens is 232 g/mol. The van der Waals surface area contributed by atoms with Gasteiger partial charge in [-0.25, -0.2) is 4.98 Å². The third-order valence-electron chi connectivity index (χ3n) is 5.42. The van der Waals surface area contributed by atoms with Crippen molar-refractivity contribution in [2.75, 3.05) is 0 Å². The number of aromatic amines is 1. The molecule has 1 heterocycles. The van der Waals surface area contributed by atoms with Crippen LogP contribution in [0, 0.1) is 11.3 Å². The van der Waals surface area contributed by atoms with E-state index in [1.807, 2.05) is 6.07 Å². The molecule has 2 nitrogen and oxygen atoms in total. The van der Waals surface area contributed by atoms with Crippen molar-refractivity contribution in [2.45, 2.75) is 53.4 Å². The quantitative estimate of drug-likeness (QED) is 0.829. The van der Waals surface area contributed by atoms with Crippen LogP contribution in [0.3, 0.4) is 0 Å². The Balaban J connectivity index is 2.54. The van der Waals surface area contributed by atoms with Gasteiger partial charge in [0, 0.05) is 5.41 Å². The summed E-state index contributed by atoms with van der Waals surface area (Å²) in [5, 5.41) is 0. The average Bonchev–Trinajstić information content (AvgIpc) is 2.81. The maximum absolute atomic E-state index is 4.83. The minimum absolute atomic E-state index is 0.0228. The Kier molecular flexibility index (Phi) is 3.46. The van der Waals surface area contributed by atoms with E-state index in [1.165, 1.54) is 0 Å². The molecule has 0 radical (unpaired) electrons. The zero-order chi connectivity index (χ0) is 14.3. The van der Waals surface area contributed by atoms with Gasteiger partial charge < -0.3 is 4.98 Å². The fraction of sp³-hybridized carbons (Fsp3) is 0.588. The molecule has 0 aliphatic carbocycles. The highest BCUT2D eigenvalue weighted by atomic mass is 14.9. The Morgan fingerprint density at radius 3 is 2.32 bits per heavy atom. The molecule has 0 fully saturated rings. The van der Waals surface area contributed by atoms with Crippen LogP contribution in [0.4, 0.5) is 0 Å². The summed E-state index contributed by atoms with van der Waals surface area (Å²) in [6, 6.07) is 8.27. The zero-order valence-electron chi connectivity index (χ0n) is 13.0. The van der Waals surface area contributed by atoms with E-state index in [9.17, 15) is 0 Å². The van der Waals surface area contributed by atoms with Crippen molar-refractivity contribution in [3.8, 4) is 0 Å². The van der Waals surface area contributed by atoms with Gasteiger partial charge in [-0.2, -0.15) is 0 Å². The minimum Gasteiger partial charge on any atom is -0.342 e. The summed E-state index contributed by atoms with van der Waals surface area (Å²) in [4.78, 5) is 8.34. The van der Waals surface area contributed by atoms with Crippen LogP contribution in [-0.2, 0) is 5.41 Å². The van der Waals surface area contributed by atoms with Crippen LogP contribution in [0.2, 0.25) is 0 Å². The molecule has 1 atom stereocenters. The van der Waals surface area contributed by atoms with Crippen LogP contribution in [0.25, 0.3) is 11.0 Å². The maximum atomic E-state index is 4.83. The van der Waals surface area contributed by atoms with Gasteiger partial charge in [0.05, 0.1) is 11.0 Å². The van der Waals surface area contributed by atoms with E-state index in [-0.39, 0.29) is 10.8 Å². The summed E-state index contributed by atoms with van der Waals surface area (Å²) in [6.07, 6.45) is 1.15. The zero-order valence-corrected chi connectivity index (χ0v) is 13.0. The Hall–Kier alpha value is -1.31. The van der Waals surface area contributed by atoms with Crippen molar-refractivity contribution in [3.63, 3.8) is 0 Å². The number of nitrogens with zero attached hydrogens (tertiary/aromatic N) is 1. The monoisotopic (exact) mass is 258 g/mol. The molecular formula is C17H26N2. The second-order valence-electron chi connectivity index (χ2n) is 6.65. The van der Waals surface area contributed by atoms with Crippen LogP contribution in [-0.4, -0.2) is 9.97 Å². The maximum Gasteiger partial charge on any atom is 0.113 e. The van der Waals surface area contributed by atoms with E-state index in [2.05, 4.69) is 64.7 Å². The number of aromatic nitrogens is 2. The minimum atomic E-state index is 0.0228.